The number of nitrogens with two attached hydrogens (primary N) is 1. The Kier molecular flexibility index (Phi) is 5.88. The molecule has 0 radical (unpaired) electrons. The molecule has 0 unspecified atom stereocenters. The molecule has 0 fully saturated rings. The third kappa shape index (κ3) is 5.68. The molecule has 0 bridgehead atoms. The number of benzene rings is 1. The fraction of sp³-hybridized carbons (Fsp3) is 0.500. The first-order valence-corrected chi connectivity index (χ1v) is 8.54. The van der Waals surface area contributed by atoms with E-state index in [0.29, 0.717) is 6.07 Å². The maximum Gasteiger partial charge on any atom is 0.418 e. The number of halogens is 3. The smallest absolute Gasteiger partial charge is 0.383 e. The lowest BCUT2D eigenvalue weighted by Crippen LogP contribution is -2.37. The number of nitrogens with one attached hydrogen (secondary N) is 2. The van der Waals surface area contributed by atoms with Crippen molar-refractivity contribution in [2.45, 2.75) is 31.8 Å². The van der Waals surface area contributed by atoms with Gasteiger partial charge in [0.15, 0.2) is 0 Å². The highest BCUT2D eigenvalue weighted by atomic mass is 32.2. The minimum Gasteiger partial charge on any atom is -0.383 e. The summed E-state index contributed by atoms with van der Waals surface area (Å²) in [5, 5.41) is 9.97. The molecule has 1 aromatic rings. The summed E-state index contributed by atoms with van der Waals surface area (Å²) in [6, 6.07) is 2.46. The zero-order valence-electron chi connectivity index (χ0n) is 13.5. The fourth-order valence-corrected chi connectivity index (χ4v) is 2.27. The number of amides is 1. The average Bonchev–Trinajstić information content (AvgIpc) is 2.40. The molecule has 0 aromatic heterocycles. The molecule has 0 atom stereocenters. The summed E-state index contributed by atoms with van der Waals surface area (Å²) < 4.78 is 61.6. The standard InChI is InChI=1S/C14H20F3N3O3S/c1-13(2,3)12(21)20-7-6-19-11-5-4-9(24(18,22)23)8-10(11)14(15,16)17/h4-5,8,19H,6-7H2,1-3H3,(H,20,21)(H2,18,22,23). The number of hydrogen-bond donors (Lipinski definition) is 3. The summed E-state index contributed by atoms with van der Waals surface area (Å²) in [6.45, 7) is 5.29. The van der Waals surface area contributed by atoms with Crippen LogP contribution in [0.1, 0.15) is 26.3 Å². The first-order valence-electron chi connectivity index (χ1n) is 6.99. The average molecular weight is 367 g/mol. The van der Waals surface area contributed by atoms with Crippen LogP contribution in [0.5, 0.6) is 0 Å². The summed E-state index contributed by atoms with van der Waals surface area (Å²) in [5.41, 5.74) is -2.04. The van der Waals surface area contributed by atoms with E-state index in [1.165, 1.54) is 0 Å². The number of alkyl halides is 3. The number of carbonyl (C=O) groups is 1. The van der Waals surface area contributed by atoms with Gasteiger partial charge >= 0.3 is 6.18 Å². The van der Waals surface area contributed by atoms with Crippen molar-refractivity contribution in [2.75, 3.05) is 18.4 Å². The lowest BCUT2D eigenvalue weighted by molar-refractivity contribution is -0.137. The van der Waals surface area contributed by atoms with Crippen molar-refractivity contribution in [1.29, 1.82) is 0 Å². The van der Waals surface area contributed by atoms with Gasteiger partial charge in [0.05, 0.1) is 10.5 Å². The van der Waals surface area contributed by atoms with Gasteiger partial charge in [0.25, 0.3) is 0 Å². The van der Waals surface area contributed by atoms with Crippen molar-refractivity contribution in [1.82, 2.24) is 5.32 Å². The Balaban J connectivity index is 2.87. The van der Waals surface area contributed by atoms with Crippen LogP contribution in [0.4, 0.5) is 18.9 Å². The second-order valence-electron chi connectivity index (χ2n) is 6.18. The van der Waals surface area contributed by atoms with Crippen LogP contribution in [-0.4, -0.2) is 27.4 Å². The number of rotatable bonds is 5. The highest BCUT2D eigenvalue weighted by Gasteiger charge is 2.34. The van der Waals surface area contributed by atoms with E-state index in [2.05, 4.69) is 10.6 Å². The summed E-state index contributed by atoms with van der Waals surface area (Å²) in [4.78, 5) is 11.0. The zero-order chi connectivity index (χ0) is 18.8. The number of primary sulfonamides is 1. The number of hydrogen-bond acceptors (Lipinski definition) is 4. The van der Waals surface area contributed by atoms with Crippen LogP contribution in [0, 0.1) is 5.41 Å². The number of carbonyl (C=O) groups excluding carboxylic acids is 1. The molecule has 6 nitrogen and oxygen atoms in total. The number of anilines is 1. The lowest BCUT2D eigenvalue weighted by Gasteiger charge is -2.19. The van der Waals surface area contributed by atoms with Crippen molar-refractivity contribution >= 4 is 21.6 Å². The topological polar surface area (TPSA) is 101 Å². The molecule has 24 heavy (non-hydrogen) atoms. The normalized spacial score (nSPS) is 12.8. The monoisotopic (exact) mass is 367 g/mol. The van der Waals surface area contributed by atoms with Crippen LogP contribution in [-0.2, 0) is 21.0 Å². The Morgan fingerprint density at radius 1 is 1.17 bits per heavy atom. The summed E-state index contributed by atoms with van der Waals surface area (Å²) in [6.07, 6.45) is -4.75. The fourth-order valence-electron chi connectivity index (χ4n) is 1.73. The molecule has 1 rings (SSSR count). The van der Waals surface area contributed by atoms with Gasteiger partial charge in [-0.3, -0.25) is 4.79 Å². The third-order valence-electron chi connectivity index (χ3n) is 3.03. The quantitative estimate of drug-likeness (QED) is 0.692. The summed E-state index contributed by atoms with van der Waals surface area (Å²) in [7, 11) is -4.24. The Hall–Kier alpha value is -1.81. The first-order chi connectivity index (χ1) is 10.7. The Morgan fingerprint density at radius 3 is 2.21 bits per heavy atom. The second-order valence-corrected chi connectivity index (χ2v) is 7.74. The van der Waals surface area contributed by atoms with Gasteiger partial charge in [0.2, 0.25) is 15.9 Å². The van der Waals surface area contributed by atoms with Gasteiger partial charge in [-0.15, -0.1) is 0 Å². The number of sulfonamides is 1. The van der Waals surface area contributed by atoms with Gasteiger partial charge in [0, 0.05) is 24.2 Å². The van der Waals surface area contributed by atoms with Gasteiger partial charge in [0.1, 0.15) is 0 Å². The minimum absolute atomic E-state index is 0.0413. The molecule has 1 aromatic carbocycles. The molecule has 1 amide bonds. The van der Waals surface area contributed by atoms with E-state index in [1.807, 2.05) is 0 Å². The molecule has 0 heterocycles. The van der Waals surface area contributed by atoms with E-state index in [9.17, 15) is 26.4 Å². The second kappa shape index (κ2) is 6.98. The Morgan fingerprint density at radius 2 is 1.75 bits per heavy atom. The first kappa shape index (κ1) is 20.2. The van der Waals surface area contributed by atoms with E-state index < -0.39 is 32.1 Å². The largest absolute Gasteiger partial charge is 0.418 e. The third-order valence-corrected chi connectivity index (χ3v) is 3.94. The van der Waals surface area contributed by atoms with E-state index in [4.69, 9.17) is 5.14 Å². The minimum atomic E-state index is -4.75. The van der Waals surface area contributed by atoms with E-state index in [-0.39, 0.29) is 24.7 Å². The van der Waals surface area contributed by atoms with Crippen molar-refractivity contribution in [2.24, 2.45) is 10.6 Å². The van der Waals surface area contributed by atoms with E-state index >= 15 is 0 Å². The van der Waals surface area contributed by atoms with Crippen LogP contribution < -0.4 is 15.8 Å². The zero-order valence-corrected chi connectivity index (χ0v) is 14.3. The highest BCUT2D eigenvalue weighted by molar-refractivity contribution is 7.89. The maximum atomic E-state index is 13.1. The Bertz CT molecular complexity index is 710. The molecular formula is C14H20F3N3O3S. The maximum absolute atomic E-state index is 13.1. The van der Waals surface area contributed by atoms with Crippen LogP contribution in [0.25, 0.3) is 0 Å². The molecule has 0 aliphatic carbocycles. The summed E-state index contributed by atoms with van der Waals surface area (Å²) in [5.74, 6) is -0.232. The van der Waals surface area contributed by atoms with Crippen molar-refractivity contribution < 1.29 is 26.4 Å². The molecule has 0 saturated heterocycles. The van der Waals surface area contributed by atoms with Crippen molar-refractivity contribution in [3.8, 4) is 0 Å². The lowest BCUT2D eigenvalue weighted by atomic mass is 9.96. The molecule has 4 N–H and O–H groups in total. The highest BCUT2D eigenvalue weighted by Crippen LogP contribution is 2.36. The van der Waals surface area contributed by atoms with Gasteiger partial charge in [-0.2, -0.15) is 13.2 Å². The molecule has 0 aliphatic rings. The van der Waals surface area contributed by atoms with Gasteiger partial charge in [-0.1, -0.05) is 20.8 Å². The molecule has 0 saturated carbocycles. The Labute approximate surface area is 138 Å². The van der Waals surface area contributed by atoms with Crippen molar-refractivity contribution in [3.05, 3.63) is 23.8 Å². The predicted octanol–water partition coefficient (Wildman–Crippen LogP) is 1.93. The van der Waals surface area contributed by atoms with Gasteiger partial charge < -0.3 is 10.6 Å². The molecule has 0 spiro atoms. The molecule has 136 valence electrons. The molecule has 10 heteroatoms. The van der Waals surface area contributed by atoms with Gasteiger partial charge in [-0.05, 0) is 18.2 Å². The van der Waals surface area contributed by atoms with E-state index in [1.54, 1.807) is 20.8 Å². The van der Waals surface area contributed by atoms with Crippen LogP contribution in [0.3, 0.4) is 0 Å². The molecular weight excluding hydrogens is 347 g/mol. The van der Waals surface area contributed by atoms with Crippen LogP contribution >= 0.6 is 0 Å². The van der Waals surface area contributed by atoms with Crippen LogP contribution in [0.15, 0.2) is 23.1 Å². The summed E-state index contributed by atoms with van der Waals surface area (Å²) >= 11 is 0. The van der Waals surface area contributed by atoms with E-state index in [0.717, 1.165) is 12.1 Å². The SMILES string of the molecule is CC(C)(C)C(=O)NCCNc1ccc(S(N)(=O)=O)cc1C(F)(F)F. The van der Waals surface area contributed by atoms with Crippen molar-refractivity contribution in [3.63, 3.8) is 0 Å². The van der Waals surface area contributed by atoms with Gasteiger partial charge in [-0.25, -0.2) is 13.6 Å². The predicted molar refractivity (Wildman–Crippen MR) is 83.8 cm³/mol. The molecule has 0 aliphatic heterocycles. The van der Waals surface area contributed by atoms with Crippen LogP contribution in [0.2, 0.25) is 0 Å².